The van der Waals surface area contributed by atoms with Gasteiger partial charge in [0.2, 0.25) is 0 Å². The van der Waals surface area contributed by atoms with Gasteiger partial charge in [0.05, 0.1) is 0 Å². The number of hydrogen-bond donors (Lipinski definition) is 0. The fourth-order valence-corrected chi connectivity index (χ4v) is 6.24. The van der Waals surface area contributed by atoms with Crippen LogP contribution in [0, 0.1) is 5.92 Å². The van der Waals surface area contributed by atoms with Gasteiger partial charge < -0.3 is 14.2 Å². The van der Waals surface area contributed by atoms with Crippen LogP contribution in [-0.2, 0) is 28.6 Å². The summed E-state index contributed by atoms with van der Waals surface area (Å²) in [7, 11) is 0. The quantitative estimate of drug-likeness (QED) is 0.0364. The van der Waals surface area contributed by atoms with E-state index in [1.165, 1.54) is 128 Å². The first-order chi connectivity index (χ1) is 23.9. The molecule has 0 heterocycles. The third-order valence-electron chi connectivity index (χ3n) is 9.90. The maximum atomic E-state index is 12.6. The molecule has 0 bridgehead atoms. The maximum Gasteiger partial charge on any atom is 0.306 e. The summed E-state index contributed by atoms with van der Waals surface area (Å²) in [4.78, 5) is 37.5. The number of carbonyl (C=O) groups is 3. The van der Waals surface area contributed by atoms with Crippen molar-refractivity contribution in [3.8, 4) is 0 Å². The van der Waals surface area contributed by atoms with Crippen molar-refractivity contribution in [3.05, 3.63) is 0 Å². The smallest absolute Gasteiger partial charge is 0.306 e. The molecule has 2 atom stereocenters. The van der Waals surface area contributed by atoms with Crippen molar-refractivity contribution in [2.24, 2.45) is 5.92 Å². The lowest BCUT2D eigenvalue weighted by Crippen LogP contribution is -2.30. The molecule has 0 aromatic heterocycles. The van der Waals surface area contributed by atoms with E-state index in [1.54, 1.807) is 0 Å². The van der Waals surface area contributed by atoms with Crippen LogP contribution in [0.4, 0.5) is 0 Å². The Hall–Kier alpha value is -1.59. The van der Waals surface area contributed by atoms with E-state index in [0.717, 1.165) is 63.7 Å². The average Bonchev–Trinajstić information content (AvgIpc) is 3.10. The minimum atomic E-state index is -0.758. The minimum Gasteiger partial charge on any atom is -0.462 e. The fraction of sp³-hybridized carbons (Fsp3) is 0.930. The Bertz CT molecular complexity index is 738. The number of carbonyl (C=O) groups excluding carboxylic acids is 3. The molecule has 0 amide bonds. The molecule has 6 heteroatoms. The van der Waals surface area contributed by atoms with Crippen molar-refractivity contribution in [1.82, 2.24) is 0 Å². The third-order valence-corrected chi connectivity index (χ3v) is 9.90. The zero-order valence-electron chi connectivity index (χ0n) is 33.1. The van der Waals surface area contributed by atoms with Crippen molar-refractivity contribution < 1.29 is 28.6 Å². The van der Waals surface area contributed by atoms with Crippen LogP contribution in [0.1, 0.15) is 233 Å². The molecule has 6 nitrogen and oxygen atoms in total. The standard InChI is InChI=1S/C43H82O6/c1-5-8-10-12-14-15-16-17-18-23-27-31-35-42(45)48-38-40(37-47-41(44)34-30-26-21-13-11-9-6-2)49-43(46)36-32-28-24-20-19-22-25-29-33-39(4)7-3/h39-40H,5-38H2,1-4H3/t39?,40-/m0/s1. The second-order valence-electron chi connectivity index (χ2n) is 14.9. The Balaban J connectivity index is 4.31. The maximum absolute atomic E-state index is 12.6. The SMILES string of the molecule is CCCCCCCCCCCCCCC(=O)OC[C@H](COC(=O)CCCCCCCCC)OC(=O)CCCCCCCCCCC(C)CC. The molecule has 49 heavy (non-hydrogen) atoms. The van der Waals surface area contributed by atoms with Crippen molar-refractivity contribution in [2.75, 3.05) is 13.2 Å². The monoisotopic (exact) mass is 695 g/mol. The van der Waals surface area contributed by atoms with Crippen LogP contribution in [0.3, 0.4) is 0 Å². The van der Waals surface area contributed by atoms with Gasteiger partial charge in [-0.3, -0.25) is 14.4 Å². The highest BCUT2D eigenvalue weighted by Gasteiger charge is 2.19. The van der Waals surface area contributed by atoms with Gasteiger partial charge in [-0.15, -0.1) is 0 Å². The van der Waals surface area contributed by atoms with Gasteiger partial charge in [-0.25, -0.2) is 0 Å². The van der Waals surface area contributed by atoms with E-state index in [2.05, 4.69) is 27.7 Å². The Morgan fingerprint density at radius 2 is 0.714 bits per heavy atom. The molecule has 0 aromatic rings. The van der Waals surface area contributed by atoms with Gasteiger partial charge in [0.1, 0.15) is 13.2 Å². The first-order valence-corrected chi connectivity index (χ1v) is 21.4. The molecule has 0 aliphatic heterocycles. The minimum absolute atomic E-state index is 0.0649. The topological polar surface area (TPSA) is 78.9 Å². The summed E-state index contributed by atoms with van der Waals surface area (Å²) in [6, 6.07) is 0. The van der Waals surface area contributed by atoms with Crippen LogP contribution >= 0.6 is 0 Å². The van der Waals surface area contributed by atoms with Crippen molar-refractivity contribution >= 4 is 17.9 Å². The normalized spacial score (nSPS) is 12.5. The molecular weight excluding hydrogens is 612 g/mol. The Morgan fingerprint density at radius 1 is 0.408 bits per heavy atom. The van der Waals surface area contributed by atoms with Crippen LogP contribution in [-0.4, -0.2) is 37.2 Å². The van der Waals surface area contributed by atoms with Gasteiger partial charge in [0.25, 0.3) is 0 Å². The van der Waals surface area contributed by atoms with E-state index in [4.69, 9.17) is 14.2 Å². The first-order valence-electron chi connectivity index (χ1n) is 21.4. The number of hydrogen-bond acceptors (Lipinski definition) is 6. The van der Waals surface area contributed by atoms with Crippen LogP contribution < -0.4 is 0 Å². The second kappa shape index (κ2) is 37.7. The lowest BCUT2D eigenvalue weighted by atomic mass is 9.99. The summed E-state index contributed by atoms with van der Waals surface area (Å²) >= 11 is 0. The highest BCUT2D eigenvalue weighted by Crippen LogP contribution is 2.16. The number of esters is 3. The summed E-state index contributed by atoms with van der Waals surface area (Å²) in [5.74, 6) is -0.0210. The number of unbranched alkanes of at least 4 members (excludes halogenated alkanes) is 24. The second-order valence-corrected chi connectivity index (χ2v) is 14.9. The van der Waals surface area contributed by atoms with E-state index >= 15 is 0 Å². The number of rotatable bonds is 38. The zero-order valence-corrected chi connectivity index (χ0v) is 33.1. The van der Waals surface area contributed by atoms with Crippen LogP contribution in [0.5, 0.6) is 0 Å². The number of ether oxygens (including phenoxy) is 3. The van der Waals surface area contributed by atoms with Gasteiger partial charge >= 0.3 is 17.9 Å². The Morgan fingerprint density at radius 3 is 1.06 bits per heavy atom. The van der Waals surface area contributed by atoms with E-state index in [9.17, 15) is 14.4 Å². The van der Waals surface area contributed by atoms with E-state index in [1.807, 2.05) is 0 Å². The molecule has 1 unspecified atom stereocenters. The summed E-state index contributed by atoms with van der Waals surface area (Å²) in [5.41, 5.74) is 0. The fourth-order valence-electron chi connectivity index (χ4n) is 6.24. The molecule has 0 spiro atoms. The predicted octanol–water partition coefficient (Wildman–Crippen LogP) is 13.2. The molecule has 0 radical (unpaired) electrons. The summed E-state index contributed by atoms with van der Waals surface area (Å²) in [5, 5.41) is 0. The lowest BCUT2D eigenvalue weighted by Gasteiger charge is -2.18. The molecule has 0 rings (SSSR count). The zero-order chi connectivity index (χ0) is 36.0. The van der Waals surface area contributed by atoms with Crippen molar-refractivity contribution in [2.45, 2.75) is 239 Å². The largest absolute Gasteiger partial charge is 0.462 e. The van der Waals surface area contributed by atoms with Gasteiger partial charge in [0, 0.05) is 19.3 Å². The van der Waals surface area contributed by atoms with Gasteiger partial charge in [-0.05, 0) is 25.2 Å². The Kier molecular flexibility index (Phi) is 36.4. The lowest BCUT2D eigenvalue weighted by molar-refractivity contribution is -0.167. The molecule has 290 valence electrons. The highest BCUT2D eigenvalue weighted by atomic mass is 16.6. The van der Waals surface area contributed by atoms with Crippen LogP contribution in [0.25, 0.3) is 0 Å². The molecule has 0 fully saturated rings. The Labute approximate surface area is 304 Å². The summed E-state index contributed by atoms with van der Waals surface area (Å²) < 4.78 is 16.6. The molecule has 0 N–H and O–H groups in total. The third kappa shape index (κ3) is 36.0. The molecule has 0 saturated carbocycles. The van der Waals surface area contributed by atoms with Gasteiger partial charge in [-0.1, -0.05) is 195 Å². The predicted molar refractivity (Wildman–Crippen MR) is 206 cm³/mol. The highest BCUT2D eigenvalue weighted by molar-refractivity contribution is 5.71. The van der Waals surface area contributed by atoms with Crippen LogP contribution in [0.15, 0.2) is 0 Å². The first kappa shape index (κ1) is 47.4. The summed E-state index contributed by atoms with van der Waals surface area (Å²) in [6.45, 7) is 8.94. The van der Waals surface area contributed by atoms with Crippen LogP contribution in [0.2, 0.25) is 0 Å². The molecule has 0 aliphatic rings. The summed E-state index contributed by atoms with van der Waals surface area (Å²) in [6.07, 6.45) is 35.2. The molecule has 0 saturated heterocycles. The van der Waals surface area contributed by atoms with Crippen molar-refractivity contribution in [3.63, 3.8) is 0 Å². The van der Waals surface area contributed by atoms with E-state index in [-0.39, 0.29) is 31.1 Å². The van der Waals surface area contributed by atoms with E-state index in [0.29, 0.717) is 19.3 Å². The van der Waals surface area contributed by atoms with Gasteiger partial charge in [-0.2, -0.15) is 0 Å². The average molecular weight is 695 g/mol. The van der Waals surface area contributed by atoms with E-state index < -0.39 is 6.10 Å². The molecule has 0 aliphatic carbocycles. The molecular formula is C43H82O6. The van der Waals surface area contributed by atoms with Crippen molar-refractivity contribution in [1.29, 1.82) is 0 Å². The molecule has 0 aromatic carbocycles. The van der Waals surface area contributed by atoms with Gasteiger partial charge in [0.15, 0.2) is 6.10 Å².